The van der Waals surface area contributed by atoms with E-state index in [4.69, 9.17) is 0 Å². The van der Waals surface area contributed by atoms with Crippen molar-refractivity contribution < 1.29 is 26.3 Å². The molecule has 0 amide bonds. The molecule has 0 bridgehead atoms. The summed E-state index contributed by atoms with van der Waals surface area (Å²) in [7, 11) is 0. The van der Waals surface area contributed by atoms with E-state index in [2.05, 4.69) is 6.58 Å². The molecule has 0 atom stereocenters. The van der Waals surface area contributed by atoms with Crippen LogP contribution in [0.2, 0.25) is 0 Å². The second-order valence-corrected chi connectivity index (χ2v) is 3.43. The van der Waals surface area contributed by atoms with E-state index in [0.29, 0.717) is 13.0 Å². The van der Waals surface area contributed by atoms with E-state index in [1.54, 1.807) is 6.92 Å². The smallest absolute Gasteiger partial charge is 0.166 e. The van der Waals surface area contributed by atoms with E-state index in [9.17, 15) is 26.3 Å². The van der Waals surface area contributed by atoms with Gasteiger partial charge in [0.25, 0.3) is 0 Å². The fourth-order valence-corrected chi connectivity index (χ4v) is 0.842. The van der Waals surface area contributed by atoms with Gasteiger partial charge in [-0.25, -0.2) is 0 Å². The molecule has 0 unspecified atom stereocenters. The van der Waals surface area contributed by atoms with Gasteiger partial charge >= 0.3 is 12.4 Å². The molecule has 0 radical (unpaired) electrons. The number of hydrogen-bond acceptors (Lipinski definition) is 0. The van der Waals surface area contributed by atoms with Gasteiger partial charge in [-0.05, 0) is 25.5 Å². The first kappa shape index (κ1) is 15.8. The van der Waals surface area contributed by atoms with Gasteiger partial charge in [-0.1, -0.05) is 19.1 Å². The third-order valence-electron chi connectivity index (χ3n) is 1.96. The van der Waals surface area contributed by atoms with Crippen LogP contribution in [0, 0.1) is 0 Å². The van der Waals surface area contributed by atoms with Crippen molar-refractivity contribution in [1.29, 1.82) is 0 Å². The van der Waals surface area contributed by atoms with Crippen LogP contribution in [-0.4, -0.2) is 12.4 Å². The van der Waals surface area contributed by atoms with Gasteiger partial charge in [0.15, 0.2) is 0 Å². The molecule has 0 aromatic carbocycles. The summed E-state index contributed by atoms with van der Waals surface area (Å²) in [6.45, 7) is 5.46. The SMILES string of the molecule is C=C(/C=C(\C=C(/C)C(F)(F)F)C(F)(F)F)CC. The number of hydrogen-bond donors (Lipinski definition) is 0. The first-order valence-electron chi connectivity index (χ1n) is 4.70. The van der Waals surface area contributed by atoms with E-state index >= 15 is 0 Å². The molecule has 0 saturated carbocycles. The van der Waals surface area contributed by atoms with Crippen molar-refractivity contribution in [1.82, 2.24) is 0 Å². The van der Waals surface area contributed by atoms with Gasteiger partial charge in [0.05, 0.1) is 5.57 Å². The number of halogens is 6. The average molecular weight is 258 g/mol. The molecule has 0 N–H and O–H groups in total. The molecule has 6 heteroatoms. The van der Waals surface area contributed by atoms with Crippen LogP contribution in [0.25, 0.3) is 0 Å². The van der Waals surface area contributed by atoms with Crippen LogP contribution < -0.4 is 0 Å². The van der Waals surface area contributed by atoms with Crippen molar-refractivity contribution >= 4 is 0 Å². The predicted octanol–water partition coefficient (Wildman–Crippen LogP) is 4.95. The lowest BCUT2D eigenvalue weighted by atomic mass is 10.1. The molecule has 0 aliphatic heterocycles. The van der Waals surface area contributed by atoms with Crippen LogP contribution in [0.15, 0.2) is 35.5 Å². The molecule has 0 aromatic rings. The zero-order chi connectivity index (χ0) is 13.9. The highest BCUT2D eigenvalue weighted by atomic mass is 19.4. The second kappa shape index (κ2) is 5.42. The van der Waals surface area contributed by atoms with E-state index in [1.807, 2.05) is 0 Å². The summed E-state index contributed by atoms with van der Waals surface area (Å²) >= 11 is 0. The van der Waals surface area contributed by atoms with Gasteiger partial charge in [0, 0.05) is 5.57 Å². The minimum absolute atomic E-state index is 0.0842. The Bertz CT molecular complexity index is 340. The summed E-state index contributed by atoms with van der Waals surface area (Å²) in [5.74, 6) is 0. The predicted molar refractivity (Wildman–Crippen MR) is 53.4 cm³/mol. The summed E-state index contributed by atoms with van der Waals surface area (Å²) < 4.78 is 73.7. The molecule has 98 valence electrons. The Morgan fingerprint density at radius 3 is 1.76 bits per heavy atom. The van der Waals surface area contributed by atoms with Gasteiger partial charge in [0.1, 0.15) is 0 Å². The molecule has 0 heterocycles. The highest BCUT2D eigenvalue weighted by Gasteiger charge is 2.36. The maximum atomic E-state index is 12.4. The molecule has 17 heavy (non-hydrogen) atoms. The maximum Gasteiger partial charge on any atom is 0.416 e. The number of rotatable bonds is 3. The summed E-state index contributed by atoms with van der Waals surface area (Å²) in [4.78, 5) is 0. The van der Waals surface area contributed by atoms with E-state index in [0.717, 1.165) is 0 Å². The molecule has 0 rings (SSSR count). The summed E-state index contributed by atoms with van der Waals surface area (Å²) in [5.41, 5.74) is -2.53. The summed E-state index contributed by atoms with van der Waals surface area (Å²) in [6.07, 6.45) is -8.66. The van der Waals surface area contributed by atoms with Crippen molar-refractivity contribution in [2.75, 3.05) is 0 Å². The standard InChI is InChI=1S/C11H12F6/c1-4-7(2)5-9(11(15,16)17)6-8(3)10(12,13)14/h5-6H,2,4H2,1,3H3/b8-6+,9-5+. The molecular weight excluding hydrogens is 246 g/mol. The van der Waals surface area contributed by atoms with E-state index < -0.39 is 23.5 Å². The lowest BCUT2D eigenvalue weighted by Crippen LogP contribution is -2.14. The van der Waals surface area contributed by atoms with Gasteiger partial charge in [-0.3, -0.25) is 0 Å². The van der Waals surface area contributed by atoms with Crippen LogP contribution in [0.5, 0.6) is 0 Å². The van der Waals surface area contributed by atoms with Crippen molar-refractivity contribution in [2.45, 2.75) is 32.6 Å². The summed E-state index contributed by atoms with van der Waals surface area (Å²) in [5, 5.41) is 0. The molecule has 0 nitrogen and oxygen atoms in total. The van der Waals surface area contributed by atoms with Crippen LogP contribution in [0.4, 0.5) is 26.3 Å². The minimum atomic E-state index is -4.83. The minimum Gasteiger partial charge on any atom is -0.166 e. The fraction of sp³-hybridized carbons (Fsp3) is 0.455. The molecule has 0 fully saturated rings. The molecule has 0 aliphatic carbocycles. The van der Waals surface area contributed by atoms with Crippen LogP contribution in [0.1, 0.15) is 20.3 Å². The average Bonchev–Trinajstić information content (AvgIpc) is 2.13. The van der Waals surface area contributed by atoms with Crippen molar-refractivity contribution in [3.8, 4) is 0 Å². The third kappa shape index (κ3) is 5.60. The highest BCUT2D eigenvalue weighted by Crippen LogP contribution is 2.32. The zero-order valence-electron chi connectivity index (χ0n) is 9.34. The maximum absolute atomic E-state index is 12.4. The molecule has 0 spiro atoms. The largest absolute Gasteiger partial charge is 0.416 e. The van der Waals surface area contributed by atoms with Crippen molar-refractivity contribution in [3.63, 3.8) is 0 Å². The molecule has 0 aliphatic rings. The van der Waals surface area contributed by atoms with Crippen LogP contribution in [0.3, 0.4) is 0 Å². The first-order chi connectivity index (χ1) is 7.48. The topological polar surface area (TPSA) is 0 Å². The Morgan fingerprint density at radius 2 is 1.47 bits per heavy atom. The Morgan fingerprint density at radius 1 is 1.00 bits per heavy atom. The zero-order valence-corrected chi connectivity index (χ0v) is 9.34. The monoisotopic (exact) mass is 258 g/mol. The quantitative estimate of drug-likeness (QED) is 0.496. The molecule has 0 saturated heterocycles. The van der Waals surface area contributed by atoms with Crippen LogP contribution in [-0.2, 0) is 0 Å². The number of alkyl halides is 6. The van der Waals surface area contributed by atoms with E-state index in [1.165, 1.54) is 0 Å². The molecular formula is C11H12F6. The first-order valence-corrected chi connectivity index (χ1v) is 4.70. The van der Waals surface area contributed by atoms with Crippen molar-refractivity contribution in [2.24, 2.45) is 0 Å². The Labute approximate surface area is 95.3 Å². The Kier molecular flexibility index (Phi) is 5.04. The van der Waals surface area contributed by atoms with Crippen molar-refractivity contribution in [3.05, 3.63) is 35.5 Å². The van der Waals surface area contributed by atoms with Gasteiger partial charge in [0.2, 0.25) is 0 Å². The summed E-state index contributed by atoms with van der Waals surface area (Å²) in [6, 6.07) is 0. The normalized spacial score (nSPS) is 15.1. The fourth-order valence-electron chi connectivity index (χ4n) is 0.842. The van der Waals surface area contributed by atoms with Gasteiger partial charge < -0.3 is 0 Å². The number of allylic oxidation sites excluding steroid dienone is 5. The van der Waals surface area contributed by atoms with E-state index in [-0.39, 0.29) is 18.1 Å². The Balaban J connectivity index is 5.40. The lowest BCUT2D eigenvalue weighted by molar-refractivity contribution is -0.0953. The second-order valence-electron chi connectivity index (χ2n) is 3.43. The van der Waals surface area contributed by atoms with Gasteiger partial charge in [-0.15, -0.1) is 0 Å². The Hall–Kier alpha value is -1.20. The molecule has 0 aromatic heterocycles. The van der Waals surface area contributed by atoms with Crippen LogP contribution >= 0.6 is 0 Å². The third-order valence-corrected chi connectivity index (χ3v) is 1.96. The lowest BCUT2D eigenvalue weighted by Gasteiger charge is -2.12. The van der Waals surface area contributed by atoms with Gasteiger partial charge in [-0.2, -0.15) is 26.3 Å². The highest BCUT2D eigenvalue weighted by molar-refractivity contribution is 5.34.